The van der Waals surface area contributed by atoms with Gasteiger partial charge in [0.1, 0.15) is 0 Å². The van der Waals surface area contributed by atoms with Crippen LogP contribution >= 0.6 is 23.1 Å². The Bertz CT molecular complexity index is 308. The summed E-state index contributed by atoms with van der Waals surface area (Å²) in [6, 6.07) is 2.39. The Balaban J connectivity index is 2.59. The molecule has 1 rings (SSSR count). The molecule has 2 nitrogen and oxygen atoms in total. The van der Waals surface area contributed by atoms with Crippen molar-refractivity contribution in [2.24, 2.45) is 5.73 Å². The van der Waals surface area contributed by atoms with Crippen LogP contribution in [-0.4, -0.2) is 37.3 Å². The highest BCUT2D eigenvalue weighted by molar-refractivity contribution is 7.99. The van der Waals surface area contributed by atoms with Gasteiger partial charge in [-0.05, 0) is 45.0 Å². The van der Waals surface area contributed by atoms with Crippen molar-refractivity contribution in [3.63, 3.8) is 0 Å². The number of aryl methyl sites for hydroxylation is 1. The van der Waals surface area contributed by atoms with Gasteiger partial charge in [0.05, 0.1) is 5.25 Å². The minimum absolute atomic E-state index is 0.213. The van der Waals surface area contributed by atoms with Gasteiger partial charge in [-0.3, -0.25) is 0 Å². The summed E-state index contributed by atoms with van der Waals surface area (Å²) in [6.07, 6.45) is 0. The fraction of sp³-hybridized carbons (Fsp3) is 0.667. The lowest BCUT2D eigenvalue weighted by Gasteiger charge is -2.21. The van der Waals surface area contributed by atoms with Crippen LogP contribution in [0.1, 0.15) is 22.6 Å². The van der Waals surface area contributed by atoms with E-state index in [1.807, 2.05) is 23.1 Å². The Morgan fingerprint density at radius 3 is 2.62 bits per heavy atom. The summed E-state index contributed by atoms with van der Waals surface area (Å²) >= 11 is 3.80. The van der Waals surface area contributed by atoms with Crippen LogP contribution < -0.4 is 5.73 Å². The first kappa shape index (κ1) is 14.0. The maximum atomic E-state index is 6.09. The first-order valence-electron chi connectivity index (χ1n) is 5.58. The SMILES string of the molecule is Cc1ccsc1C(SCCN(C)C)C(C)N. The van der Waals surface area contributed by atoms with E-state index >= 15 is 0 Å². The van der Waals surface area contributed by atoms with Gasteiger partial charge in [-0.1, -0.05) is 0 Å². The van der Waals surface area contributed by atoms with E-state index in [1.165, 1.54) is 10.4 Å². The summed E-state index contributed by atoms with van der Waals surface area (Å²) in [5.74, 6) is 1.14. The molecule has 0 aromatic carbocycles. The molecule has 1 heterocycles. The summed E-state index contributed by atoms with van der Waals surface area (Å²) in [7, 11) is 4.22. The first-order valence-corrected chi connectivity index (χ1v) is 7.51. The number of rotatable bonds is 6. The minimum Gasteiger partial charge on any atom is -0.327 e. The Morgan fingerprint density at radius 2 is 2.19 bits per heavy atom. The van der Waals surface area contributed by atoms with Gasteiger partial charge in [0.15, 0.2) is 0 Å². The zero-order chi connectivity index (χ0) is 12.1. The largest absolute Gasteiger partial charge is 0.327 e. The summed E-state index contributed by atoms with van der Waals surface area (Å²) in [5, 5.41) is 2.60. The second-order valence-electron chi connectivity index (χ2n) is 4.42. The van der Waals surface area contributed by atoms with Gasteiger partial charge in [-0.25, -0.2) is 0 Å². The molecule has 1 aromatic heterocycles. The van der Waals surface area contributed by atoms with Gasteiger partial charge >= 0.3 is 0 Å². The fourth-order valence-corrected chi connectivity index (χ4v) is 4.26. The van der Waals surface area contributed by atoms with E-state index in [-0.39, 0.29) is 6.04 Å². The molecule has 0 aliphatic rings. The second-order valence-corrected chi connectivity index (χ2v) is 6.62. The van der Waals surface area contributed by atoms with E-state index < -0.39 is 0 Å². The van der Waals surface area contributed by atoms with E-state index in [0.29, 0.717) is 5.25 Å². The molecule has 1 aromatic rings. The summed E-state index contributed by atoms with van der Waals surface area (Å²) in [5.41, 5.74) is 7.47. The molecule has 0 bridgehead atoms. The van der Waals surface area contributed by atoms with Crippen LogP contribution in [0.15, 0.2) is 11.4 Å². The number of thiophene rings is 1. The van der Waals surface area contributed by atoms with Crippen LogP contribution in [0.3, 0.4) is 0 Å². The van der Waals surface area contributed by atoms with E-state index in [1.54, 1.807) is 0 Å². The lowest BCUT2D eigenvalue weighted by molar-refractivity contribution is 0.437. The molecule has 2 unspecified atom stereocenters. The molecule has 2 atom stereocenters. The predicted octanol–water partition coefficient (Wildman–Crippen LogP) is 2.74. The average Bonchev–Trinajstić information content (AvgIpc) is 2.58. The highest BCUT2D eigenvalue weighted by Crippen LogP contribution is 2.36. The monoisotopic (exact) mass is 258 g/mol. The van der Waals surface area contributed by atoms with Crippen LogP contribution in [0.25, 0.3) is 0 Å². The molecule has 0 saturated heterocycles. The maximum absolute atomic E-state index is 6.09. The van der Waals surface area contributed by atoms with Crippen LogP contribution in [0.2, 0.25) is 0 Å². The molecule has 4 heteroatoms. The smallest absolute Gasteiger partial charge is 0.0542 e. The molecule has 16 heavy (non-hydrogen) atoms. The van der Waals surface area contributed by atoms with Crippen LogP contribution in [-0.2, 0) is 0 Å². The molecule has 0 aliphatic carbocycles. The zero-order valence-electron chi connectivity index (χ0n) is 10.6. The third-order valence-corrected chi connectivity index (χ3v) is 5.17. The normalized spacial score (nSPS) is 15.4. The highest BCUT2D eigenvalue weighted by atomic mass is 32.2. The van der Waals surface area contributed by atoms with Crippen LogP contribution in [0.5, 0.6) is 0 Å². The van der Waals surface area contributed by atoms with Crippen molar-refractivity contribution in [1.82, 2.24) is 4.90 Å². The Labute approximate surface area is 107 Å². The van der Waals surface area contributed by atoms with Gasteiger partial charge in [0.2, 0.25) is 0 Å². The summed E-state index contributed by atoms with van der Waals surface area (Å²) in [6.45, 7) is 5.39. The van der Waals surface area contributed by atoms with Gasteiger partial charge in [-0.15, -0.1) is 23.1 Å². The van der Waals surface area contributed by atoms with Crippen molar-refractivity contribution >= 4 is 23.1 Å². The van der Waals surface area contributed by atoms with Crippen molar-refractivity contribution in [2.45, 2.75) is 25.1 Å². The molecule has 0 fully saturated rings. The van der Waals surface area contributed by atoms with Crippen molar-refractivity contribution < 1.29 is 0 Å². The number of nitrogens with two attached hydrogens (primary N) is 1. The van der Waals surface area contributed by atoms with E-state index in [4.69, 9.17) is 5.73 Å². The lowest BCUT2D eigenvalue weighted by atomic mass is 10.1. The van der Waals surface area contributed by atoms with Crippen molar-refractivity contribution in [3.05, 3.63) is 21.9 Å². The Hall–Kier alpha value is -0.0300. The van der Waals surface area contributed by atoms with Crippen molar-refractivity contribution in [2.75, 3.05) is 26.4 Å². The zero-order valence-corrected chi connectivity index (χ0v) is 12.2. The van der Waals surface area contributed by atoms with Crippen LogP contribution in [0.4, 0.5) is 0 Å². The number of hydrogen-bond donors (Lipinski definition) is 1. The van der Waals surface area contributed by atoms with Crippen LogP contribution in [0, 0.1) is 6.92 Å². The third kappa shape index (κ3) is 4.09. The van der Waals surface area contributed by atoms with Crippen molar-refractivity contribution in [3.8, 4) is 0 Å². The Morgan fingerprint density at radius 1 is 1.50 bits per heavy atom. The topological polar surface area (TPSA) is 29.3 Å². The summed E-state index contributed by atoms with van der Waals surface area (Å²) in [4.78, 5) is 3.66. The first-order chi connectivity index (χ1) is 7.52. The fourth-order valence-electron chi connectivity index (χ4n) is 1.50. The molecular formula is C12H22N2S2. The van der Waals surface area contributed by atoms with E-state index in [0.717, 1.165) is 12.3 Å². The Kier molecular flexibility index (Phi) is 5.83. The highest BCUT2D eigenvalue weighted by Gasteiger charge is 2.19. The number of nitrogens with zero attached hydrogens (tertiary/aromatic N) is 1. The molecule has 92 valence electrons. The van der Waals surface area contributed by atoms with E-state index in [9.17, 15) is 0 Å². The maximum Gasteiger partial charge on any atom is 0.0542 e. The molecule has 2 N–H and O–H groups in total. The average molecular weight is 258 g/mol. The molecular weight excluding hydrogens is 236 g/mol. The standard InChI is InChI=1S/C12H22N2S2/c1-9-5-7-15-11(9)12(10(2)13)16-8-6-14(3)4/h5,7,10,12H,6,8,13H2,1-4H3. The minimum atomic E-state index is 0.213. The van der Waals surface area contributed by atoms with E-state index in [2.05, 4.69) is 44.3 Å². The van der Waals surface area contributed by atoms with Gasteiger partial charge in [0, 0.05) is 23.2 Å². The lowest BCUT2D eigenvalue weighted by Crippen LogP contribution is -2.24. The predicted molar refractivity (Wildman–Crippen MR) is 76.5 cm³/mol. The van der Waals surface area contributed by atoms with Gasteiger partial charge in [-0.2, -0.15) is 0 Å². The molecule has 0 radical (unpaired) electrons. The molecule has 0 amide bonds. The quantitative estimate of drug-likeness (QED) is 0.851. The second kappa shape index (κ2) is 6.64. The van der Waals surface area contributed by atoms with Gasteiger partial charge in [0.25, 0.3) is 0 Å². The summed E-state index contributed by atoms with van der Waals surface area (Å²) < 4.78 is 0. The number of hydrogen-bond acceptors (Lipinski definition) is 4. The molecule has 0 spiro atoms. The molecule has 0 aliphatic heterocycles. The molecule has 0 saturated carbocycles. The third-order valence-electron chi connectivity index (χ3n) is 2.47. The number of thioether (sulfide) groups is 1. The van der Waals surface area contributed by atoms with Crippen molar-refractivity contribution in [1.29, 1.82) is 0 Å². The van der Waals surface area contributed by atoms with Gasteiger partial charge < -0.3 is 10.6 Å².